The van der Waals surface area contributed by atoms with Gasteiger partial charge in [-0.05, 0) is 29.5 Å². The van der Waals surface area contributed by atoms with Crippen molar-refractivity contribution in [2.45, 2.75) is 11.9 Å². The van der Waals surface area contributed by atoms with Crippen molar-refractivity contribution in [2.24, 2.45) is 0 Å². The summed E-state index contributed by atoms with van der Waals surface area (Å²) in [6.45, 7) is 2.16. The first-order valence-corrected chi connectivity index (χ1v) is 5.62. The van der Waals surface area contributed by atoms with Crippen molar-refractivity contribution in [2.75, 3.05) is 12.4 Å². The molecule has 2 aromatic heterocycles. The highest BCUT2D eigenvalue weighted by Gasteiger charge is 2.05. The van der Waals surface area contributed by atoms with Crippen molar-refractivity contribution >= 4 is 23.4 Å². The van der Waals surface area contributed by atoms with E-state index in [0.29, 0.717) is 17.3 Å². The quantitative estimate of drug-likeness (QED) is 0.555. The molecule has 0 spiro atoms. The van der Waals surface area contributed by atoms with Crippen LogP contribution in [0.1, 0.15) is 6.92 Å². The van der Waals surface area contributed by atoms with Crippen LogP contribution in [0.25, 0.3) is 5.65 Å². The predicted octanol–water partition coefficient (Wildman–Crippen LogP) is 0.174. The van der Waals surface area contributed by atoms with Gasteiger partial charge in [-0.3, -0.25) is 4.79 Å². The maximum atomic E-state index is 11.1. The SMILES string of the molecule is CCOC(=O)CSc1ccc2nnnn2n1. The van der Waals surface area contributed by atoms with E-state index in [9.17, 15) is 4.79 Å². The average Bonchev–Trinajstić information content (AvgIpc) is 2.74. The monoisotopic (exact) mass is 239 g/mol. The highest BCUT2D eigenvalue weighted by molar-refractivity contribution is 7.99. The van der Waals surface area contributed by atoms with Crippen molar-refractivity contribution in [1.82, 2.24) is 25.3 Å². The molecule has 0 aliphatic carbocycles. The van der Waals surface area contributed by atoms with Crippen LogP contribution in [-0.4, -0.2) is 43.6 Å². The first-order chi connectivity index (χ1) is 7.79. The van der Waals surface area contributed by atoms with Crippen LogP contribution in [0.4, 0.5) is 0 Å². The van der Waals surface area contributed by atoms with Gasteiger partial charge in [0.1, 0.15) is 5.03 Å². The first-order valence-electron chi connectivity index (χ1n) is 4.63. The van der Waals surface area contributed by atoms with Gasteiger partial charge in [0.05, 0.1) is 12.4 Å². The Morgan fingerprint density at radius 3 is 3.25 bits per heavy atom. The maximum Gasteiger partial charge on any atom is 0.316 e. The molecule has 16 heavy (non-hydrogen) atoms. The third kappa shape index (κ3) is 2.45. The van der Waals surface area contributed by atoms with Crippen LogP contribution >= 0.6 is 11.8 Å². The standard InChI is InChI=1S/C8H9N5O2S/c1-2-15-8(14)5-16-7-4-3-6-9-11-12-13(6)10-7/h3-4H,2,5H2,1H3. The van der Waals surface area contributed by atoms with Crippen LogP contribution in [0.5, 0.6) is 0 Å². The van der Waals surface area contributed by atoms with Gasteiger partial charge in [-0.2, -0.15) is 0 Å². The van der Waals surface area contributed by atoms with Crippen molar-refractivity contribution < 1.29 is 9.53 Å². The van der Waals surface area contributed by atoms with Gasteiger partial charge in [-0.1, -0.05) is 11.8 Å². The molecule has 0 atom stereocenters. The number of fused-ring (bicyclic) bond motifs is 1. The molecule has 2 rings (SSSR count). The lowest BCUT2D eigenvalue weighted by Gasteiger charge is -2.00. The summed E-state index contributed by atoms with van der Waals surface area (Å²) in [6.07, 6.45) is 0. The molecule has 7 nitrogen and oxygen atoms in total. The summed E-state index contributed by atoms with van der Waals surface area (Å²) >= 11 is 1.28. The van der Waals surface area contributed by atoms with Crippen LogP contribution in [-0.2, 0) is 9.53 Å². The third-order valence-corrected chi connectivity index (χ3v) is 2.58. The van der Waals surface area contributed by atoms with Crippen LogP contribution in [0.3, 0.4) is 0 Å². The largest absolute Gasteiger partial charge is 0.465 e. The number of esters is 1. The smallest absolute Gasteiger partial charge is 0.316 e. The van der Waals surface area contributed by atoms with E-state index in [1.54, 1.807) is 19.1 Å². The summed E-state index contributed by atoms with van der Waals surface area (Å²) in [5.41, 5.74) is 0.570. The van der Waals surface area contributed by atoms with Gasteiger partial charge in [0.25, 0.3) is 0 Å². The number of rotatable bonds is 4. The van der Waals surface area contributed by atoms with E-state index in [-0.39, 0.29) is 11.7 Å². The molecular weight excluding hydrogens is 230 g/mol. The first kappa shape index (κ1) is 10.8. The summed E-state index contributed by atoms with van der Waals surface area (Å²) in [5.74, 6) is -0.0276. The van der Waals surface area contributed by atoms with Gasteiger partial charge < -0.3 is 4.74 Å². The van der Waals surface area contributed by atoms with E-state index in [0.717, 1.165) is 0 Å². The van der Waals surface area contributed by atoms with E-state index < -0.39 is 0 Å². The van der Waals surface area contributed by atoms with Crippen molar-refractivity contribution in [3.63, 3.8) is 0 Å². The second kappa shape index (κ2) is 4.88. The van der Waals surface area contributed by atoms with Gasteiger partial charge >= 0.3 is 5.97 Å². The van der Waals surface area contributed by atoms with Crippen LogP contribution in [0.2, 0.25) is 0 Å². The predicted molar refractivity (Wildman–Crippen MR) is 55.9 cm³/mol. The van der Waals surface area contributed by atoms with Crippen molar-refractivity contribution in [3.8, 4) is 0 Å². The molecule has 2 heterocycles. The van der Waals surface area contributed by atoms with E-state index in [4.69, 9.17) is 4.74 Å². The second-order valence-electron chi connectivity index (χ2n) is 2.79. The van der Waals surface area contributed by atoms with Crippen LogP contribution in [0.15, 0.2) is 17.2 Å². The van der Waals surface area contributed by atoms with Crippen LogP contribution < -0.4 is 0 Å². The Kier molecular flexibility index (Phi) is 3.30. The fraction of sp³-hybridized carbons (Fsp3) is 0.375. The molecule has 84 valence electrons. The molecule has 0 aliphatic rings. The summed E-state index contributed by atoms with van der Waals surface area (Å²) in [7, 11) is 0. The molecule has 0 amide bonds. The summed E-state index contributed by atoms with van der Waals surface area (Å²) < 4.78 is 6.11. The van der Waals surface area contributed by atoms with E-state index in [2.05, 4.69) is 20.6 Å². The molecule has 0 N–H and O–H groups in total. The summed E-state index contributed by atoms with van der Waals surface area (Å²) in [6, 6.07) is 3.50. The molecule has 0 bridgehead atoms. The van der Waals surface area contributed by atoms with E-state index >= 15 is 0 Å². The maximum absolute atomic E-state index is 11.1. The molecule has 0 unspecified atom stereocenters. The summed E-state index contributed by atoms with van der Waals surface area (Å²) in [4.78, 5) is 11.1. The number of nitrogens with zero attached hydrogens (tertiary/aromatic N) is 5. The molecule has 2 aromatic rings. The summed E-state index contributed by atoms with van der Waals surface area (Å²) in [5, 5.41) is 15.6. The highest BCUT2D eigenvalue weighted by atomic mass is 32.2. The third-order valence-electron chi connectivity index (χ3n) is 1.69. The topological polar surface area (TPSA) is 82.3 Å². The van der Waals surface area contributed by atoms with E-state index in [1.807, 2.05) is 0 Å². The second-order valence-corrected chi connectivity index (χ2v) is 3.79. The number of carbonyl (C=O) groups excluding carboxylic acids is 1. The minimum atomic E-state index is -0.258. The zero-order valence-corrected chi connectivity index (χ0v) is 9.35. The lowest BCUT2D eigenvalue weighted by Crippen LogP contribution is -2.07. The molecular formula is C8H9N5O2S. The molecule has 8 heteroatoms. The molecule has 0 aromatic carbocycles. The van der Waals surface area contributed by atoms with Crippen molar-refractivity contribution in [3.05, 3.63) is 12.1 Å². The molecule has 0 saturated carbocycles. The minimum Gasteiger partial charge on any atom is -0.465 e. The Morgan fingerprint density at radius 1 is 1.56 bits per heavy atom. The Balaban J connectivity index is 2.01. The fourth-order valence-corrected chi connectivity index (χ4v) is 1.69. The number of thioether (sulfide) groups is 1. The fourth-order valence-electron chi connectivity index (χ4n) is 1.05. The number of tetrazole rings is 1. The Hall–Kier alpha value is -1.70. The van der Waals surface area contributed by atoms with E-state index in [1.165, 1.54) is 16.4 Å². The molecule has 0 saturated heterocycles. The zero-order valence-electron chi connectivity index (χ0n) is 8.53. The van der Waals surface area contributed by atoms with Gasteiger partial charge in [-0.15, -0.1) is 14.8 Å². The molecule has 0 radical (unpaired) electrons. The van der Waals surface area contributed by atoms with Gasteiger partial charge in [0.15, 0.2) is 5.65 Å². The van der Waals surface area contributed by atoms with Crippen LogP contribution in [0, 0.1) is 0 Å². The number of ether oxygens (including phenoxy) is 1. The molecule has 0 aliphatic heterocycles. The lowest BCUT2D eigenvalue weighted by molar-refractivity contribution is -0.139. The average molecular weight is 239 g/mol. The van der Waals surface area contributed by atoms with Gasteiger partial charge in [0, 0.05) is 0 Å². The highest BCUT2D eigenvalue weighted by Crippen LogP contribution is 2.14. The number of hydrogen-bond donors (Lipinski definition) is 0. The van der Waals surface area contributed by atoms with Gasteiger partial charge in [0.2, 0.25) is 0 Å². The molecule has 0 fully saturated rings. The number of aromatic nitrogens is 5. The Morgan fingerprint density at radius 2 is 2.44 bits per heavy atom. The zero-order chi connectivity index (χ0) is 11.4. The Bertz CT molecular complexity index is 500. The van der Waals surface area contributed by atoms with Gasteiger partial charge in [-0.25, -0.2) is 0 Å². The minimum absolute atomic E-state index is 0.231. The van der Waals surface area contributed by atoms with Crippen molar-refractivity contribution in [1.29, 1.82) is 0 Å². The lowest BCUT2D eigenvalue weighted by atomic mass is 10.6. The number of hydrogen-bond acceptors (Lipinski definition) is 7. The number of carbonyl (C=O) groups is 1. The normalized spacial score (nSPS) is 10.6. The Labute approximate surface area is 95.2 Å².